The molecule has 9 nitrogen and oxygen atoms in total. The van der Waals surface area contributed by atoms with Crippen LogP contribution in [0, 0.1) is 5.92 Å². The predicted molar refractivity (Wildman–Crippen MR) is 136 cm³/mol. The van der Waals surface area contributed by atoms with Crippen LogP contribution in [0.25, 0.3) is 22.0 Å². The Bertz CT molecular complexity index is 1410. The van der Waals surface area contributed by atoms with E-state index in [4.69, 9.17) is 16.3 Å². The van der Waals surface area contributed by atoms with Crippen LogP contribution in [-0.4, -0.2) is 57.1 Å². The lowest BCUT2D eigenvalue weighted by molar-refractivity contribution is -0.126. The minimum absolute atomic E-state index is 0.0158. The number of carbonyl (C=O) groups excluding carboxylic acids is 2. The monoisotopic (exact) mass is 504 g/mol. The minimum Gasteiger partial charge on any atom is -0.481 e. The van der Waals surface area contributed by atoms with E-state index < -0.39 is 0 Å². The van der Waals surface area contributed by atoms with Crippen molar-refractivity contribution in [1.29, 1.82) is 0 Å². The minimum atomic E-state index is -0.157. The van der Waals surface area contributed by atoms with Gasteiger partial charge in [-0.05, 0) is 42.0 Å². The Hall–Kier alpha value is -3.98. The largest absolute Gasteiger partial charge is 0.481 e. The van der Waals surface area contributed by atoms with E-state index in [1.807, 2.05) is 24.4 Å². The highest BCUT2D eigenvalue weighted by molar-refractivity contribution is 6.33. The number of amides is 2. The van der Waals surface area contributed by atoms with Gasteiger partial charge in [-0.3, -0.25) is 19.7 Å². The Balaban J connectivity index is 1.16. The van der Waals surface area contributed by atoms with Crippen LogP contribution in [0.1, 0.15) is 28.9 Å². The number of likely N-dealkylation sites (tertiary alicyclic amines) is 1. The molecule has 2 amide bonds. The van der Waals surface area contributed by atoms with Gasteiger partial charge in [0.25, 0.3) is 5.91 Å². The summed E-state index contributed by atoms with van der Waals surface area (Å²) in [5.41, 5.74) is 2.56. The number of pyridine rings is 2. The third-order valence-corrected chi connectivity index (χ3v) is 6.75. The number of H-pyrrole nitrogens is 1. The molecule has 0 spiro atoms. The number of halogens is 1. The van der Waals surface area contributed by atoms with Gasteiger partial charge in [-0.2, -0.15) is 5.10 Å². The van der Waals surface area contributed by atoms with Crippen LogP contribution in [0.5, 0.6) is 5.88 Å². The molecule has 0 unspecified atom stereocenters. The van der Waals surface area contributed by atoms with Gasteiger partial charge in [-0.15, -0.1) is 0 Å². The van der Waals surface area contributed by atoms with Crippen molar-refractivity contribution >= 4 is 34.2 Å². The summed E-state index contributed by atoms with van der Waals surface area (Å²) in [7, 11) is 1.52. The Morgan fingerprint density at radius 3 is 2.78 bits per heavy atom. The maximum atomic E-state index is 13.0. The van der Waals surface area contributed by atoms with Gasteiger partial charge in [-0.25, -0.2) is 4.98 Å². The van der Waals surface area contributed by atoms with Crippen molar-refractivity contribution in [2.24, 2.45) is 5.92 Å². The van der Waals surface area contributed by atoms with Gasteiger partial charge in [-0.1, -0.05) is 23.7 Å². The van der Waals surface area contributed by atoms with Gasteiger partial charge < -0.3 is 15.0 Å². The number of hydrogen-bond donors (Lipinski definition) is 2. The van der Waals surface area contributed by atoms with E-state index in [0.717, 1.165) is 16.3 Å². The van der Waals surface area contributed by atoms with Gasteiger partial charge in [0, 0.05) is 55.0 Å². The molecular formula is C26H25ClN6O3. The van der Waals surface area contributed by atoms with Gasteiger partial charge in [0.1, 0.15) is 5.69 Å². The quantitative estimate of drug-likeness (QED) is 0.412. The van der Waals surface area contributed by atoms with Crippen molar-refractivity contribution in [1.82, 2.24) is 30.4 Å². The summed E-state index contributed by atoms with van der Waals surface area (Å²) < 4.78 is 5.15. The molecule has 0 bridgehead atoms. The van der Waals surface area contributed by atoms with Gasteiger partial charge >= 0.3 is 0 Å². The number of nitrogens with one attached hydrogen (secondary N) is 2. The molecule has 1 fully saturated rings. The zero-order valence-corrected chi connectivity index (χ0v) is 20.5. The molecule has 1 saturated heterocycles. The molecular weight excluding hydrogens is 480 g/mol. The number of hydrogen-bond acceptors (Lipinski definition) is 6. The fraction of sp³-hybridized carbons (Fsp3) is 0.269. The summed E-state index contributed by atoms with van der Waals surface area (Å²) in [6.45, 7) is 1.46. The molecule has 2 N–H and O–H groups in total. The lowest BCUT2D eigenvalue weighted by Crippen LogP contribution is -2.43. The zero-order valence-electron chi connectivity index (χ0n) is 19.7. The number of benzene rings is 1. The maximum Gasteiger partial charge on any atom is 0.271 e. The molecule has 4 aromatic rings. The van der Waals surface area contributed by atoms with Crippen molar-refractivity contribution in [3.63, 3.8) is 0 Å². The molecule has 0 atom stereocenters. The summed E-state index contributed by atoms with van der Waals surface area (Å²) >= 11 is 6.25. The fourth-order valence-corrected chi connectivity index (χ4v) is 4.59. The Labute approximate surface area is 212 Å². The molecule has 0 aliphatic carbocycles. The Kier molecular flexibility index (Phi) is 6.81. The van der Waals surface area contributed by atoms with Crippen LogP contribution < -0.4 is 10.1 Å². The lowest BCUT2D eigenvalue weighted by atomic mass is 9.95. The number of rotatable bonds is 6. The van der Waals surface area contributed by atoms with E-state index in [1.165, 1.54) is 13.3 Å². The second-order valence-electron chi connectivity index (χ2n) is 8.71. The normalized spacial score (nSPS) is 14.1. The topological polar surface area (TPSA) is 113 Å². The summed E-state index contributed by atoms with van der Waals surface area (Å²) in [5.74, 6) is 0.139. The van der Waals surface area contributed by atoms with E-state index in [2.05, 4.69) is 31.5 Å². The summed E-state index contributed by atoms with van der Waals surface area (Å²) in [4.78, 5) is 35.7. The third-order valence-electron chi connectivity index (χ3n) is 6.45. The number of methoxy groups -OCH3 is 1. The first-order valence-corrected chi connectivity index (χ1v) is 12.0. The molecule has 10 heteroatoms. The smallest absolute Gasteiger partial charge is 0.271 e. The van der Waals surface area contributed by atoms with E-state index in [9.17, 15) is 9.59 Å². The molecule has 1 aromatic carbocycles. The molecule has 1 aliphatic rings. The first kappa shape index (κ1) is 23.7. The van der Waals surface area contributed by atoms with E-state index in [0.29, 0.717) is 60.3 Å². The van der Waals surface area contributed by atoms with Crippen molar-refractivity contribution in [2.45, 2.75) is 19.4 Å². The van der Waals surface area contributed by atoms with E-state index in [1.54, 1.807) is 23.2 Å². The summed E-state index contributed by atoms with van der Waals surface area (Å²) in [6, 6.07) is 11.4. The molecule has 1 aliphatic heterocycles. The average molecular weight is 505 g/mol. The summed E-state index contributed by atoms with van der Waals surface area (Å²) in [6.07, 6.45) is 6.28. The van der Waals surface area contributed by atoms with Crippen LogP contribution in [0.2, 0.25) is 5.02 Å². The number of ether oxygens (including phenoxy) is 1. The van der Waals surface area contributed by atoms with Crippen LogP contribution in [-0.2, 0) is 11.3 Å². The Morgan fingerprint density at radius 2 is 1.97 bits per heavy atom. The second-order valence-corrected chi connectivity index (χ2v) is 9.12. The number of fused-ring (bicyclic) bond motifs is 1. The van der Waals surface area contributed by atoms with Gasteiger partial charge in [0.15, 0.2) is 0 Å². The highest BCUT2D eigenvalue weighted by Crippen LogP contribution is 2.29. The van der Waals surface area contributed by atoms with Gasteiger partial charge in [0.2, 0.25) is 11.8 Å². The maximum absolute atomic E-state index is 13.0. The molecule has 184 valence electrons. The predicted octanol–water partition coefficient (Wildman–Crippen LogP) is 3.85. The molecule has 36 heavy (non-hydrogen) atoms. The number of aromatic nitrogens is 4. The number of carbonyl (C=O) groups is 2. The van der Waals surface area contributed by atoms with Crippen molar-refractivity contribution in [2.75, 3.05) is 20.2 Å². The van der Waals surface area contributed by atoms with Gasteiger partial charge in [0.05, 0.1) is 24.0 Å². The van der Waals surface area contributed by atoms with Crippen molar-refractivity contribution in [3.8, 4) is 17.1 Å². The molecule has 4 heterocycles. The fourth-order valence-electron chi connectivity index (χ4n) is 4.39. The standard InChI is InChI=1S/C26H25ClN6O3/c1-36-24-11-20(21(27)15-29-24)22-12-23(32-31-22)26(35)33-8-5-17(6-9-33)25(34)30-13-16-2-3-19-14-28-7-4-18(19)10-16/h2-4,7,10-12,14-15,17H,5-6,8-9,13H2,1H3,(H,30,34)(H,31,32). The SMILES string of the molecule is COc1cc(-c2cc(C(=O)N3CCC(C(=O)NCc4ccc5cnccc5c4)CC3)[nH]n2)c(Cl)cn1. The zero-order chi connectivity index (χ0) is 25.1. The second kappa shape index (κ2) is 10.3. The summed E-state index contributed by atoms with van der Waals surface area (Å²) in [5, 5.41) is 12.7. The number of piperidine rings is 1. The van der Waals surface area contributed by atoms with Crippen LogP contribution in [0.4, 0.5) is 0 Å². The molecule has 3 aromatic heterocycles. The van der Waals surface area contributed by atoms with E-state index in [-0.39, 0.29) is 17.7 Å². The molecule has 0 saturated carbocycles. The van der Waals surface area contributed by atoms with Crippen LogP contribution in [0.15, 0.2) is 55.0 Å². The molecule has 0 radical (unpaired) electrons. The Morgan fingerprint density at radius 1 is 1.14 bits per heavy atom. The average Bonchev–Trinajstić information content (AvgIpc) is 3.41. The van der Waals surface area contributed by atoms with Crippen molar-refractivity contribution in [3.05, 3.63) is 71.3 Å². The third kappa shape index (κ3) is 5.01. The van der Waals surface area contributed by atoms with Crippen molar-refractivity contribution < 1.29 is 14.3 Å². The lowest BCUT2D eigenvalue weighted by Gasteiger charge is -2.31. The first-order valence-electron chi connectivity index (χ1n) is 11.7. The highest BCUT2D eigenvalue weighted by Gasteiger charge is 2.28. The first-order chi connectivity index (χ1) is 17.5. The van der Waals surface area contributed by atoms with Crippen LogP contribution >= 0.6 is 11.6 Å². The number of nitrogens with zero attached hydrogens (tertiary/aromatic N) is 4. The van der Waals surface area contributed by atoms with Crippen LogP contribution in [0.3, 0.4) is 0 Å². The number of aromatic amines is 1. The highest BCUT2D eigenvalue weighted by atomic mass is 35.5. The van der Waals surface area contributed by atoms with E-state index >= 15 is 0 Å². The molecule has 5 rings (SSSR count).